The lowest BCUT2D eigenvalue weighted by atomic mass is 10.1. The maximum Gasteiger partial charge on any atom is 0.246 e. The number of benzene rings is 2. The number of pyridine rings is 1. The van der Waals surface area contributed by atoms with E-state index < -0.39 is 0 Å². The summed E-state index contributed by atoms with van der Waals surface area (Å²) in [6, 6.07) is 16.2. The van der Waals surface area contributed by atoms with Gasteiger partial charge < -0.3 is 15.0 Å². The molecule has 194 valence electrons. The third kappa shape index (κ3) is 6.48. The molecule has 2 aromatic heterocycles. The number of amides is 2. The number of anilines is 1. The van der Waals surface area contributed by atoms with Crippen LogP contribution in [-0.4, -0.2) is 34.8 Å². The number of fused-ring (bicyclic) bond motifs is 1. The van der Waals surface area contributed by atoms with E-state index in [0.29, 0.717) is 38.5 Å². The van der Waals surface area contributed by atoms with Crippen LogP contribution in [0, 0.1) is 6.92 Å². The number of hydrogen-bond acceptors (Lipinski definition) is 4. The molecule has 0 aliphatic heterocycles. The molecule has 0 atom stereocenters. The second kappa shape index (κ2) is 12.5. The molecule has 0 saturated heterocycles. The summed E-state index contributed by atoms with van der Waals surface area (Å²) in [5.41, 5.74) is 3.08. The van der Waals surface area contributed by atoms with Crippen molar-refractivity contribution in [1.29, 1.82) is 0 Å². The van der Waals surface area contributed by atoms with Crippen LogP contribution < -0.4 is 15.0 Å². The van der Waals surface area contributed by atoms with Crippen LogP contribution in [0.2, 0.25) is 15.2 Å². The van der Waals surface area contributed by atoms with Crippen LogP contribution in [0.4, 0.5) is 5.69 Å². The number of imidazole rings is 1. The van der Waals surface area contributed by atoms with Gasteiger partial charge in [0.05, 0.1) is 29.4 Å². The standard InChI is InChI=1S/C26H23Cl3N4O3.ClH/c1-16-25(29)33-12-6-9-21(26(33)31-16)36-15-18-19(27)10-11-20(24(18)28)32(2)23(35)14-30-22(34)13-17-7-4-3-5-8-17;/h3-12H,13-15H2,1-2H3,(H,30,34);1H. The lowest BCUT2D eigenvalue weighted by molar-refractivity contribution is -0.124. The smallest absolute Gasteiger partial charge is 0.246 e. The fraction of sp³-hybridized carbons (Fsp3) is 0.192. The minimum Gasteiger partial charge on any atom is -0.485 e. The van der Waals surface area contributed by atoms with Crippen molar-refractivity contribution in [2.24, 2.45) is 0 Å². The van der Waals surface area contributed by atoms with E-state index in [2.05, 4.69) is 10.3 Å². The van der Waals surface area contributed by atoms with Gasteiger partial charge in [0.25, 0.3) is 0 Å². The predicted octanol–water partition coefficient (Wildman–Crippen LogP) is 5.93. The van der Waals surface area contributed by atoms with Crippen molar-refractivity contribution in [3.8, 4) is 5.75 Å². The molecule has 4 aromatic rings. The van der Waals surface area contributed by atoms with Gasteiger partial charge in [-0.1, -0.05) is 65.1 Å². The maximum absolute atomic E-state index is 12.8. The van der Waals surface area contributed by atoms with E-state index in [9.17, 15) is 9.59 Å². The van der Waals surface area contributed by atoms with Gasteiger partial charge >= 0.3 is 0 Å². The molecule has 7 nitrogen and oxygen atoms in total. The first-order valence-corrected chi connectivity index (χ1v) is 12.2. The molecule has 2 aromatic carbocycles. The van der Waals surface area contributed by atoms with Crippen LogP contribution in [0.3, 0.4) is 0 Å². The van der Waals surface area contributed by atoms with E-state index >= 15 is 0 Å². The second-order valence-corrected chi connectivity index (χ2v) is 9.24. The van der Waals surface area contributed by atoms with E-state index in [0.717, 1.165) is 5.56 Å². The Bertz CT molecular complexity index is 1430. The summed E-state index contributed by atoms with van der Waals surface area (Å²) in [6.07, 6.45) is 1.99. The van der Waals surface area contributed by atoms with Gasteiger partial charge in [-0.3, -0.25) is 14.0 Å². The summed E-state index contributed by atoms with van der Waals surface area (Å²) in [7, 11) is 1.58. The Balaban J connectivity index is 0.00000380. The molecule has 0 saturated carbocycles. The molecule has 37 heavy (non-hydrogen) atoms. The summed E-state index contributed by atoms with van der Waals surface area (Å²) in [6.45, 7) is 1.69. The zero-order valence-electron chi connectivity index (χ0n) is 20.0. The topological polar surface area (TPSA) is 75.9 Å². The first-order valence-electron chi connectivity index (χ1n) is 11.1. The molecule has 0 aliphatic rings. The lowest BCUT2D eigenvalue weighted by Gasteiger charge is -2.21. The van der Waals surface area contributed by atoms with Crippen LogP contribution in [-0.2, 0) is 22.6 Å². The first-order chi connectivity index (χ1) is 17.3. The summed E-state index contributed by atoms with van der Waals surface area (Å²) in [5.74, 6) is -0.0712. The molecule has 2 amide bonds. The minimum atomic E-state index is -0.334. The highest BCUT2D eigenvalue weighted by Crippen LogP contribution is 2.35. The van der Waals surface area contributed by atoms with Gasteiger partial charge in [0, 0.05) is 23.8 Å². The number of nitrogens with one attached hydrogen (secondary N) is 1. The molecule has 0 fully saturated rings. The number of carbonyl (C=O) groups is 2. The Morgan fingerprint density at radius 2 is 1.78 bits per heavy atom. The highest BCUT2D eigenvalue weighted by atomic mass is 35.5. The Morgan fingerprint density at radius 3 is 2.51 bits per heavy atom. The van der Waals surface area contributed by atoms with Crippen molar-refractivity contribution in [3.05, 3.63) is 92.8 Å². The molecule has 1 N–H and O–H groups in total. The number of likely N-dealkylation sites (N-methyl/N-ethyl adjacent to an activating group) is 1. The summed E-state index contributed by atoms with van der Waals surface area (Å²) >= 11 is 19.4. The number of ether oxygens (including phenoxy) is 1. The van der Waals surface area contributed by atoms with Gasteiger partial charge in [0.2, 0.25) is 11.8 Å². The van der Waals surface area contributed by atoms with E-state index in [1.807, 2.05) is 37.3 Å². The number of rotatable bonds is 8. The van der Waals surface area contributed by atoms with Crippen molar-refractivity contribution >= 4 is 70.4 Å². The maximum atomic E-state index is 12.8. The summed E-state index contributed by atoms with van der Waals surface area (Å²) < 4.78 is 7.72. The van der Waals surface area contributed by atoms with Crippen LogP contribution in [0.15, 0.2) is 60.8 Å². The molecule has 0 radical (unpaired) electrons. The van der Waals surface area contributed by atoms with Crippen LogP contribution in [0.1, 0.15) is 16.8 Å². The fourth-order valence-corrected chi connectivity index (χ4v) is 4.42. The van der Waals surface area contributed by atoms with Gasteiger partial charge in [-0.25, -0.2) is 4.98 Å². The van der Waals surface area contributed by atoms with Crippen molar-refractivity contribution in [3.63, 3.8) is 0 Å². The van der Waals surface area contributed by atoms with Crippen molar-refractivity contribution < 1.29 is 14.3 Å². The van der Waals surface area contributed by atoms with Gasteiger partial charge in [-0.2, -0.15) is 0 Å². The molecular formula is C26H24Cl4N4O3. The summed E-state index contributed by atoms with van der Waals surface area (Å²) in [5, 5.41) is 3.83. The number of aryl methyl sites for hydroxylation is 1. The van der Waals surface area contributed by atoms with Gasteiger partial charge in [-0.15, -0.1) is 12.4 Å². The minimum absolute atomic E-state index is 0. The van der Waals surface area contributed by atoms with Crippen molar-refractivity contribution in [2.45, 2.75) is 20.0 Å². The van der Waals surface area contributed by atoms with Gasteiger partial charge in [0.1, 0.15) is 11.8 Å². The van der Waals surface area contributed by atoms with E-state index in [1.165, 1.54) is 4.90 Å². The van der Waals surface area contributed by atoms with Crippen LogP contribution >= 0.6 is 47.2 Å². The third-order valence-electron chi connectivity index (χ3n) is 5.63. The van der Waals surface area contributed by atoms with Crippen molar-refractivity contribution in [1.82, 2.24) is 14.7 Å². The normalized spacial score (nSPS) is 10.6. The number of nitrogens with zero attached hydrogens (tertiary/aromatic N) is 3. The Kier molecular flexibility index (Phi) is 9.68. The lowest BCUT2D eigenvalue weighted by Crippen LogP contribution is -2.38. The third-order valence-corrected chi connectivity index (χ3v) is 6.86. The Labute approximate surface area is 235 Å². The SMILES string of the molecule is Cc1nc2c(OCc3c(Cl)ccc(N(C)C(=O)CNC(=O)Cc4ccccc4)c3Cl)cccn2c1Cl.Cl. The van der Waals surface area contributed by atoms with E-state index in [4.69, 9.17) is 39.5 Å². The molecule has 11 heteroatoms. The average Bonchev–Trinajstić information content (AvgIpc) is 3.16. The number of carbonyl (C=O) groups excluding carboxylic acids is 2. The van der Waals surface area contributed by atoms with Gasteiger partial charge in [-0.05, 0) is 36.8 Å². The fourth-order valence-electron chi connectivity index (χ4n) is 3.64. The molecule has 4 rings (SSSR count). The molecule has 0 spiro atoms. The van der Waals surface area contributed by atoms with Gasteiger partial charge in [0.15, 0.2) is 11.4 Å². The largest absolute Gasteiger partial charge is 0.485 e. The Hall–Kier alpha value is -2.97. The second-order valence-electron chi connectivity index (χ2n) is 8.09. The highest BCUT2D eigenvalue weighted by Gasteiger charge is 2.20. The molecule has 0 aliphatic carbocycles. The summed E-state index contributed by atoms with van der Waals surface area (Å²) in [4.78, 5) is 30.8. The number of hydrogen-bond donors (Lipinski definition) is 1. The quantitative estimate of drug-likeness (QED) is 0.280. The predicted molar refractivity (Wildman–Crippen MR) is 150 cm³/mol. The Morgan fingerprint density at radius 1 is 1.05 bits per heavy atom. The zero-order valence-corrected chi connectivity index (χ0v) is 23.1. The number of halogens is 4. The molecule has 2 heterocycles. The van der Waals surface area contributed by atoms with E-state index in [-0.39, 0.29) is 48.8 Å². The molecular weight excluding hydrogens is 558 g/mol. The zero-order chi connectivity index (χ0) is 25.8. The van der Waals surface area contributed by atoms with Crippen LogP contribution in [0.5, 0.6) is 5.75 Å². The van der Waals surface area contributed by atoms with Crippen LogP contribution in [0.25, 0.3) is 5.65 Å². The first kappa shape index (κ1) is 28.6. The molecule has 0 bridgehead atoms. The van der Waals surface area contributed by atoms with E-state index in [1.54, 1.807) is 41.9 Å². The molecule has 0 unspecified atom stereocenters. The highest BCUT2D eigenvalue weighted by molar-refractivity contribution is 6.38. The van der Waals surface area contributed by atoms with Crippen molar-refractivity contribution in [2.75, 3.05) is 18.5 Å². The average molecular weight is 582 g/mol. The number of aromatic nitrogens is 2. The monoisotopic (exact) mass is 580 g/mol.